The number of carbonyl (C=O) groups excluding carboxylic acids is 1. The van der Waals surface area contributed by atoms with Crippen molar-refractivity contribution in [3.8, 4) is 0 Å². The lowest BCUT2D eigenvalue weighted by molar-refractivity contribution is 0.103. The highest BCUT2D eigenvalue weighted by Gasteiger charge is 2.30. The molecule has 1 radical (unpaired) electrons. The molecule has 1 atom stereocenters. The summed E-state index contributed by atoms with van der Waals surface area (Å²) < 4.78 is 11.4. The molecule has 0 fully saturated rings. The quantitative estimate of drug-likeness (QED) is 0.540. The van der Waals surface area contributed by atoms with Crippen LogP contribution in [0.25, 0.3) is 0 Å². The molecular weight excluding hydrogens is 304 g/mol. The number of hydrogen-bond acceptors (Lipinski definition) is 3. The van der Waals surface area contributed by atoms with Gasteiger partial charge in [0.05, 0.1) is 0 Å². The highest BCUT2D eigenvalue weighted by atomic mass is 28.3. The van der Waals surface area contributed by atoms with Crippen LogP contribution in [0.5, 0.6) is 0 Å². The number of hydrogen-bond donors (Lipinski definition) is 0. The third-order valence-corrected chi connectivity index (χ3v) is 6.06. The van der Waals surface area contributed by atoms with Crippen molar-refractivity contribution in [3.63, 3.8) is 0 Å². The molecule has 0 aliphatic rings. The highest BCUT2D eigenvalue weighted by Crippen LogP contribution is 2.28. The molecule has 0 aromatic heterocycles. The summed E-state index contributed by atoms with van der Waals surface area (Å²) in [7, 11) is 0.224. The minimum absolute atomic E-state index is 0.0496. The van der Waals surface area contributed by atoms with Crippen molar-refractivity contribution in [2.75, 3.05) is 13.7 Å². The van der Waals surface area contributed by atoms with Gasteiger partial charge in [-0.05, 0) is 18.9 Å². The summed E-state index contributed by atoms with van der Waals surface area (Å²) in [6.45, 7) is 4.70. The van der Waals surface area contributed by atoms with E-state index < -0.39 is 9.28 Å². The molecule has 3 nitrogen and oxygen atoms in total. The summed E-state index contributed by atoms with van der Waals surface area (Å²) in [4.78, 5) is 12.9. The normalized spacial score (nSPS) is 12.3. The van der Waals surface area contributed by atoms with Gasteiger partial charge < -0.3 is 8.85 Å². The van der Waals surface area contributed by atoms with E-state index in [2.05, 4.69) is 6.92 Å². The van der Waals surface area contributed by atoms with Crippen molar-refractivity contribution >= 4 is 15.1 Å². The van der Waals surface area contributed by atoms with Gasteiger partial charge >= 0.3 is 9.28 Å². The summed E-state index contributed by atoms with van der Waals surface area (Å²) >= 11 is 0. The maximum atomic E-state index is 12.9. The molecule has 23 heavy (non-hydrogen) atoms. The lowest BCUT2D eigenvalue weighted by atomic mass is 9.95. The standard InChI is InChI=1S/C19H23O3Si/c1-4-18(23(21-3)22-5-2)16-13-9-10-14-17(16)19(20)15-11-7-6-8-12-15/h6-14,18H,4-5H2,1-3H3. The predicted molar refractivity (Wildman–Crippen MR) is 93.7 cm³/mol. The summed E-state index contributed by atoms with van der Waals surface area (Å²) in [5.41, 5.74) is 2.59. The zero-order valence-corrected chi connectivity index (χ0v) is 14.9. The molecule has 0 heterocycles. The highest BCUT2D eigenvalue weighted by molar-refractivity contribution is 6.46. The van der Waals surface area contributed by atoms with E-state index in [9.17, 15) is 4.79 Å². The molecule has 121 valence electrons. The van der Waals surface area contributed by atoms with Crippen LogP contribution in [0.3, 0.4) is 0 Å². The lowest BCUT2D eigenvalue weighted by Crippen LogP contribution is -2.31. The van der Waals surface area contributed by atoms with Crippen LogP contribution >= 0.6 is 0 Å². The Balaban J connectivity index is 2.41. The Hall–Kier alpha value is -1.75. The Labute approximate surface area is 140 Å². The summed E-state index contributed by atoms with van der Waals surface area (Å²) in [5.74, 6) is 0.0496. The summed E-state index contributed by atoms with van der Waals surface area (Å²) in [6.07, 6.45) is 0.876. The van der Waals surface area contributed by atoms with E-state index >= 15 is 0 Å². The molecule has 1 unspecified atom stereocenters. The van der Waals surface area contributed by atoms with Crippen LogP contribution in [-0.2, 0) is 8.85 Å². The first-order chi connectivity index (χ1) is 11.2. The van der Waals surface area contributed by atoms with Gasteiger partial charge in [0.15, 0.2) is 5.78 Å². The van der Waals surface area contributed by atoms with Gasteiger partial charge in [-0.2, -0.15) is 0 Å². The van der Waals surface area contributed by atoms with Gasteiger partial charge in [0.2, 0.25) is 0 Å². The van der Waals surface area contributed by atoms with Crippen LogP contribution in [0.4, 0.5) is 0 Å². The smallest absolute Gasteiger partial charge is 0.392 e. The molecular formula is C19H23O3Si. The Morgan fingerprint density at radius 3 is 2.30 bits per heavy atom. The SMILES string of the molecule is CCO[Si](OC)C(CC)c1ccccc1C(=O)c1ccccc1. The number of carbonyl (C=O) groups is 1. The Morgan fingerprint density at radius 1 is 1.04 bits per heavy atom. The third-order valence-electron chi connectivity index (χ3n) is 3.80. The fourth-order valence-corrected chi connectivity index (χ4v) is 4.44. The van der Waals surface area contributed by atoms with Crippen LogP contribution in [0.15, 0.2) is 54.6 Å². The molecule has 0 saturated heterocycles. The topological polar surface area (TPSA) is 35.5 Å². The molecule has 2 aromatic rings. The maximum Gasteiger partial charge on any atom is 0.392 e. The van der Waals surface area contributed by atoms with E-state index in [4.69, 9.17) is 8.85 Å². The summed E-state index contributed by atoms with van der Waals surface area (Å²) in [5, 5.41) is 0. The Bertz CT molecular complexity index is 628. The minimum atomic E-state index is -1.47. The zero-order valence-electron chi connectivity index (χ0n) is 13.9. The van der Waals surface area contributed by atoms with Gasteiger partial charge in [-0.1, -0.05) is 61.5 Å². The van der Waals surface area contributed by atoms with Gasteiger partial charge in [-0.3, -0.25) is 4.79 Å². The number of rotatable bonds is 8. The monoisotopic (exact) mass is 327 g/mol. The van der Waals surface area contributed by atoms with E-state index in [1.165, 1.54) is 0 Å². The maximum absolute atomic E-state index is 12.9. The Morgan fingerprint density at radius 2 is 1.70 bits per heavy atom. The predicted octanol–water partition coefficient (Wildman–Crippen LogP) is 4.12. The minimum Gasteiger partial charge on any atom is -0.396 e. The van der Waals surface area contributed by atoms with E-state index in [0.717, 1.165) is 17.5 Å². The van der Waals surface area contributed by atoms with E-state index in [-0.39, 0.29) is 11.3 Å². The molecule has 0 saturated carbocycles. The summed E-state index contributed by atoms with van der Waals surface area (Å²) in [6, 6.07) is 17.2. The van der Waals surface area contributed by atoms with Crippen molar-refractivity contribution in [1.29, 1.82) is 0 Å². The first-order valence-corrected chi connectivity index (χ1v) is 9.34. The number of benzene rings is 2. The van der Waals surface area contributed by atoms with Crippen molar-refractivity contribution in [1.82, 2.24) is 0 Å². The molecule has 0 aliphatic heterocycles. The molecule has 0 aliphatic carbocycles. The first-order valence-electron chi connectivity index (χ1n) is 7.95. The molecule has 2 aromatic carbocycles. The molecule has 0 amide bonds. The van der Waals surface area contributed by atoms with Gasteiger partial charge in [-0.15, -0.1) is 0 Å². The molecule has 4 heteroatoms. The van der Waals surface area contributed by atoms with E-state index in [0.29, 0.717) is 12.2 Å². The van der Waals surface area contributed by atoms with Gasteiger partial charge in [-0.25, -0.2) is 0 Å². The fourth-order valence-electron chi connectivity index (χ4n) is 2.71. The van der Waals surface area contributed by atoms with Crippen LogP contribution in [0.2, 0.25) is 0 Å². The van der Waals surface area contributed by atoms with Gasteiger partial charge in [0, 0.05) is 30.4 Å². The van der Waals surface area contributed by atoms with Crippen LogP contribution in [0.1, 0.15) is 47.3 Å². The van der Waals surface area contributed by atoms with Gasteiger partial charge in [0.25, 0.3) is 0 Å². The van der Waals surface area contributed by atoms with E-state index in [1.54, 1.807) is 7.11 Å². The average Bonchev–Trinajstić information content (AvgIpc) is 2.62. The number of ketones is 1. The second-order valence-electron chi connectivity index (χ2n) is 5.20. The molecule has 0 spiro atoms. The van der Waals surface area contributed by atoms with Crippen molar-refractivity contribution in [2.45, 2.75) is 25.8 Å². The Kier molecular flexibility index (Phi) is 6.71. The third kappa shape index (κ3) is 4.16. The average molecular weight is 327 g/mol. The van der Waals surface area contributed by atoms with Crippen LogP contribution < -0.4 is 0 Å². The van der Waals surface area contributed by atoms with Crippen LogP contribution in [-0.4, -0.2) is 28.8 Å². The second kappa shape index (κ2) is 8.77. The van der Waals surface area contributed by atoms with Gasteiger partial charge in [0.1, 0.15) is 0 Å². The van der Waals surface area contributed by atoms with Crippen molar-refractivity contribution in [2.24, 2.45) is 0 Å². The fraction of sp³-hybridized carbons (Fsp3) is 0.316. The largest absolute Gasteiger partial charge is 0.396 e. The zero-order chi connectivity index (χ0) is 16.7. The lowest BCUT2D eigenvalue weighted by Gasteiger charge is -2.23. The van der Waals surface area contributed by atoms with Crippen molar-refractivity contribution < 1.29 is 13.6 Å². The first kappa shape index (κ1) is 17.6. The molecule has 0 bridgehead atoms. The molecule has 0 N–H and O–H groups in total. The van der Waals surface area contributed by atoms with Crippen molar-refractivity contribution in [3.05, 3.63) is 71.3 Å². The molecule has 2 rings (SSSR count). The van der Waals surface area contributed by atoms with Crippen LogP contribution in [0, 0.1) is 0 Å². The van der Waals surface area contributed by atoms with E-state index in [1.807, 2.05) is 61.5 Å². The second-order valence-corrected chi connectivity index (χ2v) is 7.23.